The van der Waals surface area contributed by atoms with E-state index in [1.807, 2.05) is 6.92 Å². The van der Waals surface area contributed by atoms with Gasteiger partial charge in [0.15, 0.2) is 0 Å². The predicted molar refractivity (Wildman–Crippen MR) is 79.3 cm³/mol. The second-order valence-electron chi connectivity index (χ2n) is 5.45. The number of aromatic nitrogens is 1. The van der Waals surface area contributed by atoms with E-state index in [0.29, 0.717) is 30.7 Å². The van der Waals surface area contributed by atoms with E-state index in [4.69, 9.17) is 0 Å². The number of nitro groups is 1. The lowest BCUT2D eigenvalue weighted by Gasteiger charge is -2.08. The van der Waals surface area contributed by atoms with E-state index in [2.05, 4.69) is 22.5 Å². The van der Waals surface area contributed by atoms with E-state index >= 15 is 0 Å². The Morgan fingerprint density at radius 1 is 1.57 bits per heavy atom. The topological polar surface area (TPSA) is 97.2 Å². The fourth-order valence-electron chi connectivity index (χ4n) is 2.13. The summed E-state index contributed by atoms with van der Waals surface area (Å²) in [7, 11) is 0. The molecule has 2 unspecified atom stereocenters. The normalized spacial score (nSPS) is 19.9. The van der Waals surface area contributed by atoms with Crippen molar-refractivity contribution >= 4 is 17.4 Å². The van der Waals surface area contributed by atoms with E-state index < -0.39 is 10.8 Å². The van der Waals surface area contributed by atoms with Crippen LogP contribution in [-0.2, 0) is 0 Å². The summed E-state index contributed by atoms with van der Waals surface area (Å²) in [6.07, 6.45) is 3.13. The van der Waals surface area contributed by atoms with Crippen molar-refractivity contribution in [3.63, 3.8) is 0 Å². The number of rotatable bonds is 7. The standard InChI is InChI=1S/C14H20N4O3/c1-3-4-15-13-6-11(12(8-16-13)18(20)21)14(19)17-7-10-5-9(10)2/h6,8-10H,3-5,7H2,1-2H3,(H,15,16)(H,17,19). The number of hydrogen-bond donors (Lipinski definition) is 2. The average Bonchev–Trinajstić information content (AvgIpc) is 3.17. The Morgan fingerprint density at radius 2 is 2.29 bits per heavy atom. The van der Waals surface area contributed by atoms with Crippen LogP contribution in [0.4, 0.5) is 11.5 Å². The molecule has 2 atom stereocenters. The number of anilines is 1. The molecule has 1 aromatic rings. The largest absolute Gasteiger partial charge is 0.370 e. The summed E-state index contributed by atoms with van der Waals surface area (Å²) in [6, 6.07) is 1.44. The fraction of sp³-hybridized carbons (Fsp3) is 0.571. The van der Waals surface area contributed by atoms with Gasteiger partial charge in [0.2, 0.25) is 0 Å². The molecule has 7 heteroatoms. The third kappa shape index (κ3) is 3.90. The van der Waals surface area contributed by atoms with E-state index in [9.17, 15) is 14.9 Å². The van der Waals surface area contributed by atoms with Crippen LogP contribution in [0, 0.1) is 22.0 Å². The van der Waals surface area contributed by atoms with Gasteiger partial charge in [-0.1, -0.05) is 13.8 Å². The highest BCUT2D eigenvalue weighted by molar-refractivity contribution is 5.98. The van der Waals surface area contributed by atoms with Crippen molar-refractivity contribution in [3.05, 3.63) is 27.9 Å². The first-order valence-electron chi connectivity index (χ1n) is 7.19. The molecule has 1 amide bonds. The smallest absolute Gasteiger partial charge is 0.300 e. The van der Waals surface area contributed by atoms with Gasteiger partial charge in [-0.05, 0) is 24.7 Å². The Kier molecular flexibility index (Phi) is 4.72. The van der Waals surface area contributed by atoms with Crippen molar-refractivity contribution in [1.82, 2.24) is 10.3 Å². The van der Waals surface area contributed by atoms with Gasteiger partial charge in [-0.2, -0.15) is 0 Å². The van der Waals surface area contributed by atoms with Gasteiger partial charge in [-0.15, -0.1) is 0 Å². The van der Waals surface area contributed by atoms with Crippen LogP contribution in [-0.4, -0.2) is 28.9 Å². The molecule has 1 fully saturated rings. The van der Waals surface area contributed by atoms with Crippen molar-refractivity contribution in [2.45, 2.75) is 26.7 Å². The van der Waals surface area contributed by atoms with Crippen LogP contribution in [0.3, 0.4) is 0 Å². The molecule has 0 saturated heterocycles. The SMILES string of the molecule is CCCNc1cc(C(=O)NCC2CC2C)c([N+](=O)[O-])cn1. The van der Waals surface area contributed by atoms with Crippen LogP contribution in [0.1, 0.15) is 37.0 Å². The molecular formula is C14H20N4O3. The molecule has 114 valence electrons. The number of hydrogen-bond acceptors (Lipinski definition) is 5. The van der Waals surface area contributed by atoms with Crippen molar-refractivity contribution in [2.75, 3.05) is 18.4 Å². The maximum Gasteiger partial charge on any atom is 0.300 e. The van der Waals surface area contributed by atoms with Gasteiger partial charge < -0.3 is 10.6 Å². The molecule has 1 aliphatic carbocycles. The van der Waals surface area contributed by atoms with Gasteiger partial charge in [-0.3, -0.25) is 14.9 Å². The summed E-state index contributed by atoms with van der Waals surface area (Å²) in [5, 5.41) is 16.8. The second-order valence-corrected chi connectivity index (χ2v) is 5.45. The maximum absolute atomic E-state index is 12.2. The van der Waals surface area contributed by atoms with Crippen molar-refractivity contribution in [2.24, 2.45) is 11.8 Å². The van der Waals surface area contributed by atoms with Crippen molar-refractivity contribution in [1.29, 1.82) is 0 Å². The third-order valence-corrected chi connectivity index (χ3v) is 3.68. The summed E-state index contributed by atoms with van der Waals surface area (Å²) in [6.45, 7) is 5.39. The van der Waals surface area contributed by atoms with Crippen molar-refractivity contribution in [3.8, 4) is 0 Å². The molecule has 0 bridgehead atoms. The van der Waals surface area contributed by atoms with Crippen LogP contribution in [0.25, 0.3) is 0 Å². The predicted octanol–water partition coefficient (Wildman–Crippen LogP) is 2.20. The molecule has 0 aromatic carbocycles. The zero-order valence-electron chi connectivity index (χ0n) is 12.3. The first-order chi connectivity index (χ1) is 10.0. The van der Waals surface area contributed by atoms with E-state index in [-0.39, 0.29) is 11.3 Å². The Morgan fingerprint density at radius 3 is 2.86 bits per heavy atom. The minimum absolute atomic E-state index is 0.0573. The average molecular weight is 292 g/mol. The second kappa shape index (κ2) is 6.51. The molecule has 7 nitrogen and oxygen atoms in total. The highest BCUT2D eigenvalue weighted by atomic mass is 16.6. The monoisotopic (exact) mass is 292 g/mol. The van der Waals surface area contributed by atoms with Crippen LogP contribution < -0.4 is 10.6 Å². The van der Waals surface area contributed by atoms with E-state index in [1.54, 1.807) is 0 Å². The number of nitrogens with one attached hydrogen (secondary N) is 2. The quantitative estimate of drug-likeness (QED) is 0.593. The summed E-state index contributed by atoms with van der Waals surface area (Å²) in [5.41, 5.74) is -0.208. The molecule has 2 rings (SSSR count). The van der Waals surface area contributed by atoms with Gasteiger partial charge in [0.25, 0.3) is 11.6 Å². The lowest BCUT2D eigenvalue weighted by Crippen LogP contribution is -2.27. The first-order valence-corrected chi connectivity index (χ1v) is 7.19. The zero-order valence-corrected chi connectivity index (χ0v) is 12.3. The lowest BCUT2D eigenvalue weighted by molar-refractivity contribution is -0.385. The highest BCUT2D eigenvalue weighted by Crippen LogP contribution is 2.36. The Labute approximate surface area is 123 Å². The molecule has 21 heavy (non-hydrogen) atoms. The third-order valence-electron chi connectivity index (χ3n) is 3.68. The van der Waals surface area contributed by atoms with Gasteiger partial charge in [0, 0.05) is 19.2 Å². The minimum atomic E-state index is -0.578. The number of nitrogens with zero attached hydrogens (tertiary/aromatic N) is 2. The molecule has 0 spiro atoms. The summed E-state index contributed by atoms with van der Waals surface area (Å²) < 4.78 is 0. The van der Waals surface area contributed by atoms with Crippen LogP contribution in [0.5, 0.6) is 0 Å². The lowest BCUT2D eigenvalue weighted by atomic mass is 10.2. The van der Waals surface area contributed by atoms with Gasteiger partial charge >= 0.3 is 0 Å². The Bertz CT molecular complexity index is 547. The number of carbonyl (C=O) groups excluding carboxylic acids is 1. The summed E-state index contributed by atoms with van der Waals surface area (Å²) >= 11 is 0. The molecular weight excluding hydrogens is 272 g/mol. The zero-order chi connectivity index (χ0) is 15.4. The van der Waals surface area contributed by atoms with Gasteiger partial charge in [0.1, 0.15) is 17.6 Å². The first kappa shape index (κ1) is 15.2. The van der Waals surface area contributed by atoms with Gasteiger partial charge in [0.05, 0.1) is 4.92 Å². The van der Waals surface area contributed by atoms with Crippen LogP contribution >= 0.6 is 0 Å². The van der Waals surface area contributed by atoms with E-state index in [1.165, 1.54) is 6.07 Å². The molecule has 2 N–H and O–H groups in total. The Balaban J connectivity index is 2.12. The minimum Gasteiger partial charge on any atom is -0.370 e. The molecule has 0 radical (unpaired) electrons. The van der Waals surface area contributed by atoms with Crippen LogP contribution in [0.15, 0.2) is 12.3 Å². The van der Waals surface area contributed by atoms with E-state index in [0.717, 1.165) is 19.0 Å². The van der Waals surface area contributed by atoms with Crippen LogP contribution in [0.2, 0.25) is 0 Å². The molecule has 1 heterocycles. The molecule has 1 saturated carbocycles. The molecule has 1 aliphatic rings. The summed E-state index contributed by atoms with van der Waals surface area (Å²) in [5.74, 6) is 1.18. The highest BCUT2D eigenvalue weighted by Gasteiger charge is 2.33. The van der Waals surface area contributed by atoms with Gasteiger partial charge in [-0.25, -0.2) is 4.98 Å². The number of carbonyl (C=O) groups is 1. The molecule has 0 aliphatic heterocycles. The summed E-state index contributed by atoms with van der Waals surface area (Å²) in [4.78, 5) is 26.6. The maximum atomic E-state index is 12.2. The fourth-order valence-corrected chi connectivity index (χ4v) is 2.13. The molecule has 1 aromatic heterocycles. The Hall–Kier alpha value is -2.18. The number of amides is 1. The van der Waals surface area contributed by atoms with Crippen molar-refractivity contribution < 1.29 is 9.72 Å². The number of pyridine rings is 1.